The van der Waals surface area contributed by atoms with E-state index in [-0.39, 0.29) is 25.1 Å². The molecule has 1 atom stereocenters. The maximum absolute atomic E-state index is 11.8. The lowest BCUT2D eigenvalue weighted by Gasteiger charge is -2.13. The Morgan fingerprint density at radius 1 is 1.53 bits per heavy atom. The average Bonchev–Trinajstić information content (AvgIpc) is 2.77. The minimum absolute atomic E-state index is 0.0410. The fourth-order valence-corrected chi connectivity index (χ4v) is 1.89. The summed E-state index contributed by atoms with van der Waals surface area (Å²) in [5, 5.41) is 19.5. The normalized spacial score (nSPS) is 12.4. The fourth-order valence-electron chi connectivity index (χ4n) is 1.89. The summed E-state index contributed by atoms with van der Waals surface area (Å²) in [6.07, 6.45) is 6.70. The predicted molar refractivity (Wildman–Crippen MR) is 72.6 cm³/mol. The largest absolute Gasteiger partial charge is 0.396 e. The number of amides is 1. The molecule has 6 heteroatoms. The Morgan fingerprint density at radius 2 is 2.32 bits per heavy atom. The molecule has 1 aromatic heterocycles. The van der Waals surface area contributed by atoms with Crippen LogP contribution in [0.3, 0.4) is 0 Å². The van der Waals surface area contributed by atoms with E-state index >= 15 is 0 Å². The zero-order valence-electron chi connectivity index (χ0n) is 11.8. The summed E-state index contributed by atoms with van der Waals surface area (Å²) in [6.45, 7) is 4.40. The van der Waals surface area contributed by atoms with E-state index in [2.05, 4.69) is 22.6 Å². The number of aromatic nitrogens is 3. The average molecular weight is 268 g/mol. The molecule has 108 valence electrons. The number of nitrogens with zero attached hydrogens (tertiary/aromatic N) is 3. The molecule has 0 fully saturated rings. The monoisotopic (exact) mass is 268 g/mol. The molecule has 0 bridgehead atoms. The third-order valence-corrected chi connectivity index (χ3v) is 2.91. The number of hydrogen-bond donors (Lipinski definition) is 2. The Balaban J connectivity index is 2.29. The van der Waals surface area contributed by atoms with E-state index in [1.165, 1.54) is 17.5 Å². The Kier molecular flexibility index (Phi) is 7.10. The van der Waals surface area contributed by atoms with E-state index in [1.807, 2.05) is 6.92 Å². The number of rotatable bonds is 9. The fraction of sp³-hybridized carbons (Fsp3) is 0.769. The van der Waals surface area contributed by atoms with Gasteiger partial charge in [-0.05, 0) is 13.3 Å². The van der Waals surface area contributed by atoms with Crippen LogP contribution in [0.1, 0.15) is 45.2 Å². The highest BCUT2D eigenvalue weighted by atomic mass is 16.3. The molecule has 0 aromatic carbocycles. The van der Waals surface area contributed by atoms with Crippen LogP contribution < -0.4 is 5.32 Å². The standard InChI is InChI=1S/C13H24N4O2/c1-3-4-5-6-11(2)14-13(19)10-17-9-12(7-8-18)15-16-17/h9,11,18H,3-8,10H2,1-2H3,(H,14,19). The van der Waals surface area contributed by atoms with E-state index in [4.69, 9.17) is 5.11 Å². The highest BCUT2D eigenvalue weighted by Gasteiger charge is 2.09. The molecule has 0 spiro atoms. The third kappa shape index (κ3) is 6.33. The van der Waals surface area contributed by atoms with E-state index < -0.39 is 0 Å². The number of hydrogen-bond acceptors (Lipinski definition) is 4. The van der Waals surface area contributed by atoms with Crippen molar-refractivity contribution in [1.29, 1.82) is 0 Å². The minimum atomic E-state index is -0.0514. The van der Waals surface area contributed by atoms with Crippen LogP contribution in [0.2, 0.25) is 0 Å². The minimum Gasteiger partial charge on any atom is -0.396 e. The van der Waals surface area contributed by atoms with Crippen molar-refractivity contribution in [3.8, 4) is 0 Å². The van der Waals surface area contributed by atoms with Gasteiger partial charge < -0.3 is 10.4 Å². The quantitative estimate of drug-likeness (QED) is 0.652. The second kappa shape index (κ2) is 8.63. The molecule has 1 amide bonds. The SMILES string of the molecule is CCCCCC(C)NC(=O)Cn1cc(CCO)nn1. The van der Waals surface area contributed by atoms with E-state index in [0.29, 0.717) is 12.1 Å². The van der Waals surface area contributed by atoms with Gasteiger partial charge in [0.05, 0.1) is 5.69 Å². The lowest BCUT2D eigenvalue weighted by Crippen LogP contribution is -2.35. The Morgan fingerprint density at radius 3 is 3.00 bits per heavy atom. The van der Waals surface area contributed by atoms with Gasteiger partial charge in [0, 0.05) is 25.3 Å². The maximum Gasteiger partial charge on any atom is 0.242 e. The van der Waals surface area contributed by atoms with Crippen molar-refractivity contribution in [2.75, 3.05) is 6.61 Å². The number of aliphatic hydroxyl groups excluding tert-OH is 1. The molecule has 1 aromatic rings. The van der Waals surface area contributed by atoms with Crippen molar-refractivity contribution in [2.45, 2.75) is 58.5 Å². The molecule has 0 saturated heterocycles. The van der Waals surface area contributed by atoms with Crippen molar-refractivity contribution in [1.82, 2.24) is 20.3 Å². The van der Waals surface area contributed by atoms with E-state index in [1.54, 1.807) is 6.20 Å². The van der Waals surface area contributed by atoms with Crippen LogP contribution in [0.5, 0.6) is 0 Å². The summed E-state index contributed by atoms with van der Waals surface area (Å²) in [7, 11) is 0. The molecule has 0 radical (unpaired) electrons. The molecule has 1 unspecified atom stereocenters. The molecule has 1 heterocycles. The van der Waals surface area contributed by atoms with Gasteiger partial charge in [-0.3, -0.25) is 4.79 Å². The van der Waals surface area contributed by atoms with Crippen LogP contribution in [0.25, 0.3) is 0 Å². The van der Waals surface area contributed by atoms with Crippen molar-refractivity contribution < 1.29 is 9.90 Å². The summed E-state index contributed by atoms with van der Waals surface area (Å²) in [6, 6.07) is 0.194. The van der Waals surface area contributed by atoms with Crippen LogP contribution in [-0.4, -0.2) is 38.7 Å². The van der Waals surface area contributed by atoms with E-state index in [9.17, 15) is 4.79 Å². The van der Waals surface area contributed by atoms with Gasteiger partial charge in [0.25, 0.3) is 0 Å². The van der Waals surface area contributed by atoms with Gasteiger partial charge in [-0.15, -0.1) is 5.10 Å². The van der Waals surface area contributed by atoms with Gasteiger partial charge in [-0.1, -0.05) is 31.4 Å². The van der Waals surface area contributed by atoms with Crippen molar-refractivity contribution in [2.24, 2.45) is 0 Å². The first-order chi connectivity index (χ1) is 9.15. The third-order valence-electron chi connectivity index (χ3n) is 2.91. The number of nitrogens with one attached hydrogen (secondary N) is 1. The molecule has 0 saturated carbocycles. The first-order valence-corrected chi connectivity index (χ1v) is 6.95. The van der Waals surface area contributed by atoms with Crippen LogP contribution in [-0.2, 0) is 17.8 Å². The van der Waals surface area contributed by atoms with Crippen LogP contribution in [0.4, 0.5) is 0 Å². The molecule has 19 heavy (non-hydrogen) atoms. The van der Waals surface area contributed by atoms with Crippen LogP contribution in [0.15, 0.2) is 6.20 Å². The van der Waals surface area contributed by atoms with Crippen molar-refractivity contribution >= 4 is 5.91 Å². The predicted octanol–water partition coefficient (Wildman–Crippen LogP) is 0.898. The van der Waals surface area contributed by atoms with Gasteiger partial charge in [0.2, 0.25) is 5.91 Å². The van der Waals surface area contributed by atoms with Gasteiger partial charge in [-0.2, -0.15) is 0 Å². The van der Waals surface area contributed by atoms with E-state index in [0.717, 1.165) is 12.8 Å². The lowest BCUT2D eigenvalue weighted by atomic mass is 10.1. The zero-order chi connectivity index (χ0) is 14.1. The number of unbranched alkanes of at least 4 members (excludes halogenated alkanes) is 2. The number of carbonyl (C=O) groups is 1. The first kappa shape index (κ1) is 15.6. The van der Waals surface area contributed by atoms with Crippen molar-refractivity contribution in [3.05, 3.63) is 11.9 Å². The summed E-state index contributed by atoms with van der Waals surface area (Å²) in [5.74, 6) is -0.0514. The molecule has 2 N–H and O–H groups in total. The van der Waals surface area contributed by atoms with Crippen molar-refractivity contribution in [3.63, 3.8) is 0 Å². The Bertz CT molecular complexity index is 378. The molecule has 0 aliphatic carbocycles. The maximum atomic E-state index is 11.8. The first-order valence-electron chi connectivity index (χ1n) is 6.95. The second-order valence-electron chi connectivity index (χ2n) is 4.85. The second-order valence-corrected chi connectivity index (χ2v) is 4.85. The highest BCUT2D eigenvalue weighted by molar-refractivity contribution is 5.75. The summed E-state index contributed by atoms with van der Waals surface area (Å²) >= 11 is 0. The van der Waals surface area contributed by atoms with Gasteiger partial charge in [-0.25, -0.2) is 4.68 Å². The molecule has 0 aliphatic heterocycles. The highest BCUT2D eigenvalue weighted by Crippen LogP contribution is 2.02. The summed E-state index contributed by atoms with van der Waals surface area (Å²) in [5.41, 5.74) is 0.700. The zero-order valence-corrected chi connectivity index (χ0v) is 11.8. The number of carbonyl (C=O) groups excluding carboxylic acids is 1. The Hall–Kier alpha value is -1.43. The Labute approximate surface area is 114 Å². The van der Waals surface area contributed by atoms with Gasteiger partial charge in [0.15, 0.2) is 0 Å². The molecular formula is C13H24N4O2. The smallest absolute Gasteiger partial charge is 0.242 e. The van der Waals surface area contributed by atoms with Crippen LogP contribution in [0, 0.1) is 0 Å². The molecule has 6 nitrogen and oxygen atoms in total. The van der Waals surface area contributed by atoms with Gasteiger partial charge in [0.1, 0.15) is 6.54 Å². The summed E-state index contributed by atoms with van der Waals surface area (Å²) < 4.78 is 1.50. The topological polar surface area (TPSA) is 80.0 Å². The summed E-state index contributed by atoms with van der Waals surface area (Å²) in [4.78, 5) is 11.8. The van der Waals surface area contributed by atoms with Crippen LogP contribution >= 0.6 is 0 Å². The lowest BCUT2D eigenvalue weighted by molar-refractivity contribution is -0.122. The molecule has 0 aliphatic rings. The van der Waals surface area contributed by atoms with Gasteiger partial charge >= 0.3 is 0 Å². The molecule has 1 rings (SSSR count). The number of aliphatic hydroxyl groups is 1. The molecular weight excluding hydrogens is 244 g/mol.